The first-order chi connectivity index (χ1) is 15.7. The Kier molecular flexibility index (Phi) is 5.44. The number of benzene rings is 3. The fourth-order valence-corrected chi connectivity index (χ4v) is 4.23. The van der Waals surface area contributed by atoms with Crippen molar-refractivity contribution >= 4 is 28.2 Å². The number of pyridine rings is 1. The molecule has 0 unspecified atom stereocenters. The van der Waals surface area contributed by atoms with E-state index in [4.69, 9.17) is 4.74 Å². The van der Waals surface area contributed by atoms with E-state index in [1.807, 2.05) is 60.0 Å². The summed E-state index contributed by atoms with van der Waals surface area (Å²) in [6.07, 6.45) is 0. The lowest BCUT2D eigenvalue weighted by Crippen LogP contribution is -2.07. The molecule has 5 aromatic rings. The minimum atomic E-state index is -0.457. The van der Waals surface area contributed by atoms with Crippen molar-refractivity contribution < 1.29 is 13.9 Å². The van der Waals surface area contributed by atoms with Gasteiger partial charge in [-0.05, 0) is 36.4 Å². The Morgan fingerprint density at radius 2 is 1.62 bits per heavy atom. The van der Waals surface area contributed by atoms with E-state index in [1.165, 1.54) is 23.5 Å². The first kappa shape index (κ1) is 20.0. The average Bonchev–Trinajstić information content (AvgIpc) is 3.32. The molecule has 0 atom stereocenters. The minimum Gasteiger partial charge on any atom is -0.456 e. The van der Waals surface area contributed by atoms with Gasteiger partial charge in [0.15, 0.2) is 0 Å². The van der Waals surface area contributed by atoms with E-state index in [0.29, 0.717) is 27.9 Å². The van der Waals surface area contributed by atoms with Crippen LogP contribution in [-0.4, -0.2) is 15.9 Å². The molecule has 156 valence electrons. The summed E-state index contributed by atoms with van der Waals surface area (Å²) in [5.41, 5.74) is 4.10. The molecular weight excluding hydrogens is 423 g/mol. The van der Waals surface area contributed by atoms with Crippen LogP contribution >= 0.6 is 11.3 Å². The lowest BCUT2D eigenvalue weighted by Gasteiger charge is -2.10. The highest BCUT2D eigenvalue weighted by Crippen LogP contribution is 2.27. The van der Waals surface area contributed by atoms with E-state index in [9.17, 15) is 9.18 Å². The number of halogens is 1. The molecule has 6 heteroatoms. The third kappa shape index (κ3) is 4.13. The molecule has 0 amide bonds. The Hall–Kier alpha value is -3.90. The van der Waals surface area contributed by atoms with Gasteiger partial charge in [-0.25, -0.2) is 19.2 Å². The molecule has 0 radical (unpaired) electrons. The van der Waals surface area contributed by atoms with Crippen LogP contribution in [0.1, 0.15) is 16.1 Å². The predicted molar refractivity (Wildman–Crippen MR) is 124 cm³/mol. The first-order valence-corrected chi connectivity index (χ1v) is 10.9. The van der Waals surface area contributed by atoms with E-state index in [1.54, 1.807) is 18.2 Å². The topological polar surface area (TPSA) is 52.1 Å². The molecule has 0 aliphatic carbocycles. The van der Waals surface area contributed by atoms with Gasteiger partial charge >= 0.3 is 5.97 Å². The number of esters is 1. The van der Waals surface area contributed by atoms with Crippen LogP contribution in [0.15, 0.2) is 90.3 Å². The number of rotatable bonds is 5. The quantitative estimate of drug-likeness (QED) is 0.292. The molecule has 2 aromatic heterocycles. The average molecular weight is 440 g/mol. The predicted octanol–water partition coefficient (Wildman–Crippen LogP) is 6.52. The van der Waals surface area contributed by atoms with E-state index in [-0.39, 0.29) is 12.4 Å². The number of hydrogen-bond donors (Lipinski definition) is 0. The van der Waals surface area contributed by atoms with Gasteiger partial charge in [0.05, 0.1) is 22.5 Å². The minimum absolute atomic E-state index is 0.0741. The van der Waals surface area contributed by atoms with Gasteiger partial charge in [0.2, 0.25) is 0 Å². The molecule has 4 nitrogen and oxygen atoms in total. The number of carbonyl (C=O) groups is 1. The Morgan fingerprint density at radius 3 is 2.44 bits per heavy atom. The van der Waals surface area contributed by atoms with Crippen molar-refractivity contribution in [1.29, 1.82) is 0 Å². The van der Waals surface area contributed by atoms with Crippen molar-refractivity contribution in [3.8, 4) is 21.8 Å². The van der Waals surface area contributed by atoms with Crippen LogP contribution in [0, 0.1) is 5.82 Å². The van der Waals surface area contributed by atoms with Gasteiger partial charge < -0.3 is 4.74 Å². The third-order valence-electron chi connectivity index (χ3n) is 5.00. The summed E-state index contributed by atoms with van der Waals surface area (Å²) in [5.74, 6) is -0.784. The Labute approximate surface area is 188 Å². The van der Waals surface area contributed by atoms with E-state index in [0.717, 1.165) is 16.1 Å². The summed E-state index contributed by atoms with van der Waals surface area (Å²) in [6.45, 7) is 0.0741. The van der Waals surface area contributed by atoms with Gasteiger partial charge in [-0.15, -0.1) is 11.3 Å². The summed E-state index contributed by atoms with van der Waals surface area (Å²) in [6, 6.07) is 25.0. The first-order valence-electron chi connectivity index (χ1n) is 10.00. The Bertz CT molecular complexity index is 1400. The maximum atomic E-state index is 13.3. The molecule has 0 N–H and O–H groups in total. The zero-order valence-electron chi connectivity index (χ0n) is 16.9. The van der Waals surface area contributed by atoms with Crippen molar-refractivity contribution in [2.75, 3.05) is 0 Å². The Balaban J connectivity index is 1.42. The highest BCUT2D eigenvalue weighted by Gasteiger charge is 2.16. The molecule has 5 rings (SSSR count). The summed E-state index contributed by atoms with van der Waals surface area (Å²) < 4.78 is 18.9. The molecule has 0 aliphatic rings. The van der Waals surface area contributed by atoms with Crippen LogP contribution in [0.4, 0.5) is 4.39 Å². The van der Waals surface area contributed by atoms with Crippen LogP contribution in [0.3, 0.4) is 0 Å². The number of hydrogen-bond acceptors (Lipinski definition) is 5. The highest BCUT2D eigenvalue weighted by atomic mass is 32.1. The maximum absolute atomic E-state index is 13.3. The lowest BCUT2D eigenvalue weighted by molar-refractivity contribution is 0.0471. The van der Waals surface area contributed by atoms with Crippen molar-refractivity contribution in [3.05, 3.63) is 107 Å². The van der Waals surface area contributed by atoms with Gasteiger partial charge in [0, 0.05) is 21.9 Å². The molecule has 0 fully saturated rings. The second-order valence-corrected chi connectivity index (χ2v) is 8.02. The zero-order valence-corrected chi connectivity index (χ0v) is 17.7. The second kappa shape index (κ2) is 8.69. The summed E-state index contributed by atoms with van der Waals surface area (Å²) in [7, 11) is 0. The highest BCUT2D eigenvalue weighted by molar-refractivity contribution is 7.13. The number of thiazole rings is 1. The smallest absolute Gasteiger partial charge is 0.339 e. The SMILES string of the molecule is O=C(OCc1csc(-c2ccccc2)n1)c1cc(-c2ccc(F)cc2)nc2ccccc12. The fraction of sp³-hybridized carbons (Fsp3) is 0.0385. The van der Waals surface area contributed by atoms with Crippen molar-refractivity contribution in [3.63, 3.8) is 0 Å². The van der Waals surface area contributed by atoms with Gasteiger partial charge in [0.1, 0.15) is 17.4 Å². The molecule has 3 aromatic carbocycles. The molecular formula is C26H17FN2O2S. The zero-order chi connectivity index (χ0) is 21.9. The van der Waals surface area contributed by atoms with Crippen LogP contribution in [-0.2, 0) is 11.3 Å². The summed E-state index contributed by atoms with van der Waals surface area (Å²) in [5, 5.41) is 3.47. The maximum Gasteiger partial charge on any atom is 0.339 e. The molecule has 0 bridgehead atoms. The number of fused-ring (bicyclic) bond motifs is 1. The second-order valence-electron chi connectivity index (χ2n) is 7.17. The van der Waals surface area contributed by atoms with E-state index in [2.05, 4.69) is 9.97 Å². The number of nitrogens with zero attached hydrogens (tertiary/aromatic N) is 2. The van der Waals surface area contributed by atoms with Gasteiger partial charge in [-0.3, -0.25) is 0 Å². The van der Waals surface area contributed by atoms with E-state index < -0.39 is 5.97 Å². The van der Waals surface area contributed by atoms with Crippen molar-refractivity contribution in [2.45, 2.75) is 6.61 Å². The van der Waals surface area contributed by atoms with Crippen LogP contribution in [0.5, 0.6) is 0 Å². The van der Waals surface area contributed by atoms with Crippen molar-refractivity contribution in [1.82, 2.24) is 9.97 Å². The van der Waals surface area contributed by atoms with Gasteiger partial charge in [0.25, 0.3) is 0 Å². The molecule has 2 heterocycles. The largest absolute Gasteiger partial charge is 0.456 e. The molecule has 0 spiro atoms. The van der Waals surface area contributed by atoms with E-state index >= 15 is 0 Å². The summed E-state index contributed by atoms with van der Waals surface area (Å²) >= 11 is 1.51. The molecule has 0 saturated heterocycles. The molecule has 0 saturated carbocycles. The number of aromatic nitrogens is 2. The summed E-state index contributed by atoms with van der Waals surface area (Å²) in [4.78, 5) is 22.2. The van der Waals surface area contributed by atoms with Crippen LogP contribution < -0.4 is 0 Å². The Morgan fingerprint density at radius 1 is 0.875 bits per heavy atom. The fourth-order valence-electron chi connectivity index (χ4n) is 3.42. The third-order valence-corrected chi connectivity index (χ3v) is 5.94. The van der Waals surface area contributed by atoms with Crippen LogP contribution in [0.25, 0.3) is 32.7 Å². The normalized spacial score (nSPS) is 10.9. The molecule has 0 aliphatic heterocycles. The number of para-hydroxylation sites is 1. The standard InChI is InChI=1S/C26H17FN2O2S/c27-19-12-10-17(11-13-19)24-14-22(21-8-4-5-9-23(21)29-24)26(30)31-15-20-16-32-25(28-20)18-6-2-1-3-7-18/h1-14,16H,15H2. The number of ether oxygens (including phenoxy) is 1. The lowest BCUT2D eigenvalue weighted by atomic mass is 10.0. The monoisotopic (exact) mass is 440 g/mol. The van der Waals surface area contributed by atoms with Gasteiger partial charge in [-0.2, -0.15) is 0 Å². The van der Waals surface area contributed by atoms with Crippen LogP contribution in [0.2, 0.25) is 0 Å². The molecule has 32 heavy (non-hydrogen) atoms. The number of carbonyl (C=O) groups excluding carboxylic acids is 1. The van der Waals surface area contributed by atoms with Gasteiger partial charge in [-0.1, -0.05) is 48.5 Å². The van der Waals surface area contributed by atoms with Crippen molar-refractivity contribution in [2.24, 2.45) is 0 Å².